The molecule has 0 fully saturated rings. The van der Waals surface area contributed by atoms with Crippen LogP contribution in [0.2, 0.25) is 0 Å². The standard InChI is InChI=1S/C10H17ClO2/c1-9(10(12)13)7-5-3-2-4-6-8-11/h7H,2-6,8H2,1H3,(H,12,13). The summed E-state index contributed by atoms with van der Waals surface area (Å²) in [6.07, 6.45) is 7.04. The lowest BCUT2D eigenvalue weighted by Gasteiger charge is -1.96. The molecule has 0 atom stereocenters. The van der Waals surface area contributed by atoms with E-state index in [1.54, 1.807) is 13.0 Å². The fourth-order valence-corrected chi connectivity index (χ4v) is 1.19. The number of rotatable bonds is 7. The summed E-state index contributed by atoms with van der Waals surface area (Å²) in [5.41, 5.74) is 0.442. The summed E-state index contributed by atoms with van der Waals surface area (Å²) in [4.78, 5) is 10.4. The minimum Gasteiger partial charge on any atom is -0.478 e. The molecule has 0 saturated heterocycles. The van der Waals surface area contributed by atoms with Crippen molar-refractivity contribution in [2.75, 3.05) is 5.88 Å². The first-order valence-corrected chi connectivity index (χ1v) is 5.18. The number of hydrogen-bond donors (Lipinski definition) is 1. The fourth-order valence-electron chi connectivity index (χ4n) is 0.998. The van der Waals surface area contributed by atoms with Crippen LogP contribution < -0.4 is 0 Å². The summed E-state index contributed by atoms with van der Waals surface area (Å²) in [6, 6.07) is 0. The lowest BCUT2D eigenvalue weighted by Crippen LogP contribution is -1.95. The van der Waals surface area contributed by atoms with Crippen molar-refractivity contribution in [3.8, 4) is 0 Å². The van der Waals surface area contributed by atoms with E-state index < -0.39 is 5.97 Å². The smallest absolute Gasteiger partial charge is 0.330 e. The van der Waals surface area contributed by atoms with Crippen LogP contribution in [-0.4, -0.2) is 17.0 Å². The van der Waals surface area contributed by atoms with Crippen LogP contribution >= 0.6 is 11.6 Å². The Balaban J connectivity index is 3.34. The highest BCUT2D eigenvalue weighted by Crippen LogP contribution is 2.06. The molecular weight excluding hydrogens is 188 g/mol. The number of unbranched alkanes of at least 4 members (excludes halogenated alkanes) is 4. The maximum atomic E-state index is 10.4. The Bertz CT molecular complexity index is 176. The monoisotopic (exact) mass is 204 g/mol. The van der Waals surface area contributed by atoms with Gasteiger partial charge < -0.3 is 5.11 Å². The van der Waals surface area contributed by atoms with Crippen molar-refractivity contribution in [2.45, 2.75) is 39.0 Å². The summed E-state index contributed by atoms with van der Waals surface area (Å²) in [6.45, 7) is 1.63. The topological polar surface area (TPSA) is 37.3 Å². The molecule has 2 nitrogen and oxygen atoms in total. The molecule has 0 aromatic rings. The summed E-state index contributed by atoms with van der Waals surface area (Å²) < 4.78 is 0. The number of allylic oxidation sites excluding steroid dienone is 1. The lowest BCUT2D eigenvalue weighted by atomic mass is 10.1. The molecule has 0 aromatic carbocycles. The van der Waals surface area contributed by atoms with Gasteiger partial charge in [-0.25, -0.2) is 4.79 Å². The molecule has 0 saturated carbocycles. The highest BCUT2D eigenvalue weighted by atomic mass is 35.5. The van der Waals surface area contributed by atoms with E-state index in [4.69, 9.17) is 16.7 Å². The predicted octanol–water partition coefficient (Wildman–Crippen LogP) is 3.21. The number of carboxylic acids is 1. The Labute approximate surface area is 84.6 Å². The zero-order valence-corrected chi connectivity index (χ0v) is 8.81. The van der Waals surface area contributed by atoms with E-state index in [2.05, 4.69) is 0 Å². The molecular formula is C10H17ClO2. The molecule has 0 spiro atoms. The van der Waals surface area contributed by atoms with Crippen LogP contribution in [-0.2, 0) is 4.79 Å². The van der Waals surface area contributed by atoms with Gasteiger partial charge in [0.15, 0.2) is 0 Å². The lowest BCUT2D eigenvalue weighted by molar-refractivity contribution is -0.132. The molecule has 0 aromatic heterocycles. The van der Waals surface area contributed by atoms with E-state index in [9.17, 15) is 4.79 Å². The molecule has 0 amide bonds. The zero-order valence-electron chi connectivity index (χ0n) is 8.05. The minimum absolute atomic E-state index is 0.442. The molecule has 0 bridgehead atoms. The number of carboxylic acid groups (broad SMARTS) is 1. The van der Waals surface area contributed by atoms with Gasteiger partial charge in [0.1, 0.15) is 0 Å². The summed E-state index contributed by atoms with van der Waals surface area (Å²) in [7, 11) is 0. The Morgan fingerprint density at radius 2 is 1.92 bits per heavy atom. The molecule has 0 unspecified atom stereocenters. The fraction of sp³-hybridized carbons (Fsp3) is 0.700. The van der Waals surface area contributed by atoms with Gasteiger partial charge in [0.25, 0.3) is 0 Å². The number of hydrogen-bond acceptors (Lipinski definition) is 1. The molecule has 0 aliphatic carbocycles. The Kier molecular flexibility index (Phi) is 7.80. The van der Waals surface area contributed by atoms with Crippen molar-refractivity contribution in [1.82, 2.24) is 0 Å². The highest BCUT2D eigenvalue weighted by molar-refractivity contribution is 6.17. The van der Waals surface area contributed by atoms with Crippen molar-refractivity contribution >= 4 is 17.6 Å². The van der Waals surface area contributed by atoms with Crippen LogP contribution in [0.4, 0.5) is 0 Å². The van der Waals surface area contributed by atoms with Gasteiger partial charge in [-0.1, -0.05) is 18.9 Å². The SMILES string of the molecule is CC(=CCCCCCCCl)C(=O)O. The van der Waals surface area contributed by atoms with Gasteiger partial charge in [0, 0.05) is 11.5 Å². The molecule has 76 valence electrons. The quantitative estimate of drug-likeness (QED) is 0.393. The van der Waals surface area contributed by atoms with Gasteiger partial charge in [-0.05, 0) is 26.2 Å². The van der Waals surface area contributed by atoms with E-state index in [0.717, 1.165) is 38.0 Å². The molecule has 0 rings (SSSR count). The van der Waals surface area contributed by atoms with E-state index in [1.807, 2.05) is 0 Å². The van der Waals surface area contributed by atoms with E-state index in [1.165, 1.54) is 0 Å². The summed E-state index contributed by atoms with van der Waals surface area (Å²) in [5.74, 6) is -0.0926. The van der Waals surface area contributed by atoms with Crippen LogP contribution in [0.5, 0.6) is 0 Å². The minimum atomic E-state index is -0.819. The van der Waals surface area contributed by atoms with E-state index in [0.29, 0.717) is 5.57 Å². The van der Waals surface area contributed by atoms with Crippen molar-refractivity contribution in [1.29, 1.82) is 0 Å². The Morgan fingerprint density at radius 1 is 1.31 bits per heavy atom. The average Bonchev–Trinajstić information content (AvgIpc) is 2.10. The maximum absolute atomic E-state index is 10.4. The first-order chi connectivity index (χ1) is 6.18. The Morgan fingerprint density at radius 3 is 2.46 bits per heavy atom. The number of aliphatic carboxylic acids is 1. The Hall–Kier alpha value is -0.500. The molecule has 0 aliphatic rings. The van der Waals surface area contributed by atoms with Crippen molar-refractivity contribution in [2.24, 2.45) is 0 Å². The van der Waals surface area contributed by atoms with Crippen molar-refractivity contribution in [3.05, 3.63) is 11.6 Å². The maximum Gasteiger partial charge on any atom is 0.330 e. The molecule has 0 aliphatic heterocycles. The van der Waals surface area contributed by atoms with Crippen LogP contribution in [0.15, 0.2) is 11.6 Å². The van der Waals surface area contributed by atoms with Crippen LogP contribution in [0.25, 0.3) is 0 Å². The first kappa shape index (κ1) is 12.5. The predicted molar refractivity (Wildman–Crippen MR) is 55.2 cm³/mol. The van der Waals surface area contributed by atoms with E-state index in [-0.39, 0.29) is 0 Å². The number of carbonyl (C=O) groups is 1. The third kappa shape index (κ3) is 7.85. The molecule has 0 radical (unpaired) electrons. The van der Waals surface area contributed by atoms with Gasteiger partial charge in [-0.15, -0.1) is 11.6 Å². The summed E-state index contributed by atoms with van der Waals surface area (Å²) >= 11 is 5.52. The second-order valence-corrected chi connectivity index (χ2v) is 3.46. The van der Waals surface area contributed by atoms with Gasteiger partial charge in [-0.2, -0.15) is 0 Å². The van der Waals surface area contributed by atoms with Gasteiger partial charge in [0.05, 0.1) is 0 Å². The molecule has 3 heteroatoms. The van der Waals surface area contributed by atoms with Crippen LogP contribution in [0, 0.1) is 0 Å². The van der Waals surface area contributed by atoms with Crippen molar-refractivity contribution < 1.29 is 9.90 Å². The largest absolute Gasteiger partial charge is 0.478 e. The second-order valence-electron chi connectivity index (χ2n) is 3.08. The zero-order chi connectivity index (χ0) is 10.1. The average molecular weight is 205 g/mol. The van der Waals surface area contributed by atoms with Crippen molar-refractivity contribution in [3.63, 3.8) is 0 Å². The number of halogens is 1. The second kappa shape index (κ2) is 8.11. The van der Waals surface area contributed by atoms with Crippen LogP contribution in [0.1, 0.15) is 39.0 Å². The molecule has 0 heterocycles. The van der Waals surface area contributed by atoms with E-state index >= 15 is 0 Å². The molecule has 13 heavy (non-hydrogen) atoms. The normalized spacial score (nSPS) is 11.7. The number of alkyl halides is 1. The third-order valence-electron chi connectivity index (χ3n) is 1.88. The van der Waals surface area contributed by atoms with Crippen LogP contribution in [0.3, 0.4) is 0 Å². The first-order valence-electron chi connectivity index (χ1n) is 4.64. The molecule has 1 N–H and O–H groups in total. The highest BCUT2D eigenvalue weighted by Gasteiger charge is 1.97. The van der Waals surface area contributed by atoms with Gasteiger partial charge in [0.2, 0.25) is 0 Å². The van der Waals surface area contributed by atoms with Gasteiger partial charge in [-0.3, -0.25) is 0 Å². The third-order valence-corrected chi connectivity index (χ3v) is 2.14. The summed E-state index contributed by atoms with van der Waals surface area (Å²) in [5, 5.41) is 8.54. The van der Waals surface area contributed by atoms with Gasteiger partial charge >= 0.3 is 5.97 Å².